The lowest BCUT2D eigenvalue weighted by Gasteiger charge is -2.19. The fourth-order valence-electron chi connectivity index (χ4n) is 1.21. The molecule has 0 aliphatic heterocycles. The summed E-state index contributed by atoms with van der Waals surface area (Å²) in [4.78, 5) is 11.3. The lowest BCUT2D eigenvalue weighted by molar-refractivity contribution is 0.0523. The monoisotopic (exact) mass is 240 g/mol. The van der Waals surface area contributed by atoms with Crippen molar-refractivity contribution in [2.45, 2.75) is 32.9 Å². The van der Waals surface area contributed by atoms with Crippen molar-refractivity contribution < 1.29 is 13.9 Å². The Morgan fingerprint density at radius 1 is 1.47 bits per heavy atom. The van der Waals surface area contributed by atoms with Crippen molar-refractivity contribution in [2.75, 3.05) is 5.73 Å². The van der Waals surface area contributed by atoms with Crippen LogP contribution in [0.4, 0.5) is 14.9 Å². The lowest BCUT2D eigenvalue weighted by Crippen LogP contribution is -2.32. The molecule has 0 radical (unpaired) electrons. The molecule has 0 spiro atoms. The first kappa shape index (κ1) is 13.3. The second-order valence-corrected chi connectivity index (χ2v) is 4.71. The summed E-state index contributed by atoms with van der Waals surface area (Å²) >= 11 is 0. The van der Waals surface area contributed by atoms with Gasteiger partial charge in [-0.1, -0.05) is 0 Å². The molecule has 0 unspecified atom stereocenters. The van der Waals surface area contributed by atoms with Gasteiger partial charge >= 0.3 is 6.09 Å². The van der Waals surface area contributed by atoms with E-state index in [1.807, 2.05) is 0 Å². The Kier molecular flexibility index (Phi) is 3.93. The van der Waals surface area contributed by atoms with Crippen molar-refractivity contribution in [3.63, 3.8) is 0 Å². The maximum Gasteiger partial charge on any atom is 0.407 e. The van der Waals surface area contributed by atoms with Crippen LogP contribution in [-0.4, -0.2) is 11.7 Å². The molecule has 1 amide bonds. The van der Waals surface area contributed by atoms with Gasteiger partial charge in [-0.3, -0.25) is 0 Å². The zero-order chi connectivity index (χ0) is 13.1. The van der Waals surface area contributed by atoms with Crippen molar-refractivity contribution in [1.82, 2.24) is 5.32 Å². The Morgan fingerprint density at radius 3 is 2.71 bits per heavy atom. The summed E-state index contributed by atoms with van der Waals surface area (Å²) in [7, 11) is 0. The molecule has 17 heavy (non-hydrogen) atoms. The van der Waals surface area contributed by atoms with Gasteiger partial charge in [0, 0.05) is 17.8 Å². The average Bonchev–Trinajstić information content (AvgIpc) is 2.17. The summed E-state index contributed by atoms with van der Waals surface area (Å²) in [5, 5.41) is 2.47. The number of rotatable bonds is 2. The molecule has 0 heterocycles. The molecular weight excluding hydrogens is 223 g/mol. The Labute approximate surface area is 100.0 Å². The molecule has 1 rings (SSSR count). The summed E-state index contributed by atoms with van der Waals surface area (Å²) in [5.74, 6) is -0.407. The number of hydrogen-bond donors (Lipinski definition) is 2. The fourth-order valence-corrected chi connectivity index (χ4v) is 1.21. The Balaban J connectivity index is 2.56. The zero-order valence-corrected chi connectivity index (χ0v) is 10.2. The third-order valence-corrected chi connectivity index (χ3v) is 1.89. The lowest BCUT2D eigenvalue weighted by atomic mass is 10.2. The minimum Gasteiger partial charge on any atom is -0.444 e. The number of nitrogens with two attached hydrogens (primary N) is 1. The molecule has 0 atom stereocenters. The third kappa shape index (κ3) is 4.72. The number of anilines is 1. The van der Waals surface area contributed by atoms with E-state index in [0.29, 0.717) is 11.3 Å². The van der Waals surface area contributed by atoms with E-state index in [2.05, 4.69) is 5.32 Å². The molecule has 0 aliphatic carbocycles. The van der Waals surface area contributed by atoms with E-state index < -0.39 is 17.5 Å². The number of ether oxygens (including phenoxy) is 1. The first-order chi connectivity index (χ1) is 7.78. The highest BCUT2D eigenvalue weighted by Crippen LogP contribution is 2.12. The number of halogens is 1. The van der Waals surface area contributed by atoms with Gasteiger partial charge in [0.25, 0.3) is 0 Å². The molecule has 0 saturated carbocycles. The van der Waals surface area contributed by atoms with Crippen LogP contribution in [-0.2, 0) is 11.3 Å². The third-order valence-electron chi connectivity index (χ3n) is 1.89. The van der Waals surface area contributed by atoms with Crippen LogP contribution in [0.3, 0.4) is 0 Å². The van der Waals surface area contributed by atoms with Crippen LogP contribution in [0.1, 0.15) is 26.3 Å². The number of amides is 1. The minimum absolute atomic E-state index is 0.0474. The van der Waals surface area contributed by atoms with Gasteiger partial charge in [-0.05, 0) is 39.0 Å². The number of carbonyl (C=O) groups is 1. The molecule has 0 bridgehead atoms. The SMILES string of the molecule is CC(C)(C)OC(=O)NCc1cc(N)ccc1F. The van der Waals surface area contributed by atoms with E-state index in [-0.39, 0.29) is 6.54 Å². The smallest absolute Gasteiger partial charge is 0.407 e. The van der Waals surface area contributed by atoms with E-state index in [1.165, 1.54) is 18.2 Å². The van der Waals surface area contributed by atoms with Gasteiger partial charge in [-0.15, -0.1) is 0 Å². The number of carbonyl (C=O) groups excluding carboxylic acids is 1. The molecule has 3 N–H and O–H groups in total. The average molecular weight is 240 g/mol. The van der Waals surface area contributed by atoms with Crippen LogP contribution >= 0.6 is 0 Å². The fraction of sp³-hybridized carbons (Fsp3) is 0.417. The maximum atomic E-state index is 13.3. The van der Waals surface area contributed by atoms with Crippen LogP contribution < -0.4 is 11.1 Å². The van der Waals surface area contributed by atoms with Gasteiger partial charge in [0.1, 0.15) is 11.4 Å². The highest BCUT2D eigenvalue weighted by molar-refractivity contribution is 5.67. The molecule has 0 aliphatic rings. The Morgan fingerprint density at radius 2 is 2.12 bits per heavy atom. The number of alkyl carbamates (subject to hydrolysis) is 1. The van der Waals surface area contributed by atoms with Crippen molar-refractivity contribution in [3.05, 3.63) is 29.6 Å². The molecular formula is C12H17FN2O2. The van der Waals surface area contributed by atoms with Crippen molar-refractivity contribution in [2.24, 2.45) is 0 Å². The topological polar surface area (TPSA) is 64.3 Å². The van der Waals surface area contributed by atoms with E-state index >= 15 is 0 Å². The van der Waals surface area contributed by atoms with Gasteiger partial charge in [0.05, 0.1) is 0 Å². The number of hydrogen-bond acceptors (Lipinski definition) is 3. The number of nitrogen functional groups attached to an aromatic ring is 1. The number of benzene rings is 1. The molecule has 0 saturated heterocycles. The second-order valence-electron chi connectivity index (χ2n) is 4.71. The van der Waals surface area contributed by atoms with Gasteiger partial charge in [-0.25, -0.2) is 9.18 Å². The van der Waals surface area contributed by atoms with Gasteiger partial charge in [0.15, 0.2) is 0 Å². The van der Waals surface area contributed by atoms with E-state index in [9.17, 15) is 9.18 Å². The van der Waals surface area contributed by atoms with E-state index in [4.69, 9.17) is 10.5 Å². The molecule has 0 aromatic heterocycles. The predicted octanol–water partition coefficient (Wildman–Crippen LogP) is 2.43. The predicted molar refractivity (Wildman–Crippen MR) is 63.9 cm³/mol. The van der Waals surface area contributed by atoms with Crippen molar-refractivity contribution >= 4 is 11.8 Å². The highest BCUT2D eigenvalue weighted by Gasteiger charge is 2.16. The first-order valence-corrected chi connectivity index (χ1v) is 5.29. The highest BCUT2D eigenvalue weighted by atomic mass is 19.1. The normalized spacial score (nSPS) is 11.1. The Bertz CT molecular complexity index is 413. The van der Waals surface area contributed by atoms with Crippen LogP contribution in [0.25, 0.3) is 0 Å². The summed E-state index contributed by atoms with van der Waals surface area (Å²) in [6, 6.07) is 4.21. The van der Waals surface area contributed by atoms with Crippen LogP contribution in [0, 0.1) is 5.82 Å². The summed E-state index contributed by atoms with van der Waals surface area (Å²) in [6.07, 6.45) is -0.584. The first-order valence-electron chi connectivity index (χ1n) is 5.29. The molecule has 0 fully saturated rings. The second kappa shape index (κ2) is 5.03. The number of nitrogens with one attached hydrogen (secondary N) is 1. The quantitative estimate of drug-likeness (QED) is 0.780. The molecule has 5 heteroatoms. The minimum atomic E-state index is -0.584. The van der Waals surface area contributed by atoms with Crippen LogP contribution in [0.2, 0.25) is 0 Å². The molecule has 1 aromatic carbocycles. The summed E-state index contributed by atoms with van der Waals surface area (Å²) < 4.78 is 18.3. The van der Waals surface area contributed by atoms with E-state index in [0.717, 1.165) is 0 Å². The molecule has 94 valence electrons. The summed E-state index contributed by atoms with van der Waals surface area (Å²) in [5.41, 5.74) is 5.73. The van der Waals surface area contributed by atoms with Crippen molar-refractivity contribution in [1.29, 1.82) is 0 Å². The molecule has 4 nitrogen and oxygen atoms in total. The van der Waals surface area contributed by atoms with Crippen LogP contribution in [0.15, 0.2) is 18.2 Å². The summed E-state index contributed by atoms with van der Waals surface area (Å²) in [6.45, 7) is 5.32. The van der Waals surface area contributed by atoms with Gasteiger partial charge < -0.3 is 15.8 Å². The Hall–Kier alpha value is -1.78. The molecule has 1 aromatic rings. The van der Waals surface area contributed by atoms with Gasteiger partial charge in [0.2, 0.25) is 0 Å². The van der Waals surface area contributed by atoms with E-state index in [1.54, 1.807) is 20.8 Å². The maximum absolute atomic E-state index is 13.3. The zero-order valence-electron chi connectivity index (χ0n) is 10.2. The van der Waals surface area contributed by atoms with Gasteiger partial charge in [-0.2, -0.15) is 0 Å². The standard InChI is InChI=1S/C12H17FN2O2/c1-12(2,3)17-11(16)15-7-8-6-9(14)4-5-10(8)13/h4-6H,7,14H2,1-3H3,(H,15,16). The van der Waals surface area contributed by atoms with Crippen molar-refractivity contribution in [3.8, 4) is 0 Å². The van der Waals surface area contributed by atoms with Crippen LogP contribution in [0.5, 0.6) is 0 Å². The largest absolute Gasteiger partial charge is 0.444 e.